The molecule has 6 nitrogen and oxygen atoms in total. The summed E-state index contributed by atoms with van der Waals surface area (Å²) in [6.45, 7) is 4.14. The highest BCUT2D eigenvalue weighted by molar-refractivity contribution is 7.96. The average molecular weight is 482 g/mol. The number of piperidine rings is 1. The summed E-state index contributed by atoms with van der Waals surface area (Å²) in [5, 5.41) is 2.50. The summed E-state index contributed by atoms with van der Waals surface area (Å²) in [7, 11) is 0. The first-order valence-corrected chi connectivity index (χ1v) is 12.6. The molecule has 0 amide bonds. The Morgan fingerprint density at radius 3 is 2.55 bits per heavy atom. The number of nitrogens with zero attached hydrogens (tertiary/aromatic N) is 4. The van der Waals surface area contributed by atoms with E-state index in [-0.39, 0.29) is 6.10 Å². The lowest BCUT2D eigenvalue weighted by atomic mass is 10.1. The van der Waals surface area contributed by atoms with Crippen LogP contribution in [0.1, 0.15) is 25.6 Å². The number of hydrogen-bond acceptors (Lipinski definition) is 7. The molecule has 172 valence electrons. The zero-order chi connectivity index (χ0) is 23.2. The fraction of sp³-hybridized carbons (Fsp3) is 0.320. The van der Waals surface area contributed by atoms with Crippen LogP contribution in [0.2, 0.25) is 5.02 Å². The van der Waals surface area contributed by atoms with E-state index in [2.05, 4.69) is 25.5 Å². The number of ether oxygens (including phenoxy) is 1. The van der Waals surface area contributed by atoms with E-state index in [1.54, 1.807) is 18.1 Å². The van der Waals surface area contributed by atoms with Crippen LogP contribution in [0.25, 0.3) is 21.8 Å². The Balaban J connectivity index is 0.000000196. The van der Waals surface area contributed by atoms with Gasteiger partial charge in [-0.05, 0) is 43.4 Å². The van der Waals surface area contributed by atoms with Gasteiger partial charge in [-0.2, -0.15) is 4.98 Å². The molecule has 1 aliphatic rings. The molecule has 8 heteroatoms. The van der Waals surface area contributed by atoms with Crippen molar-refractivity contribution in [3.63, 3.8) is 0 Å². The molecule has 1 saturated heterocycles. The van der Waals surface area contributed by atoms with E-state index in [0.717, 1.165) is 65.7 Å². The summed E-state index contributed by atoms with van der Waals surface area (Å²) < 4.78 is 8.58. The third-order valence-electron chi connectivity index (χ3n) is 5.62. The number of para-hydroxylation sites is 1. The van der Waals surface area contributed by atoms with Crippen molar-refractivity contribution in [3.05, 3.63) is 65.6 Å². The van der Waals surface area contributed by atoms with Crippen LogP contribution in [-0.4, -0.2) is 44.7 Å². The second kappa shape index (κ2) is 11.0. The summed E-state index contributed by atoms with van der Waals surface area (Å²) in [5.41, 5.74) is 8.31. The third-order valence-corrected chi connectivity index (χ3v) is 6.82. The van der Waals surface area contributed by atoms with Crippen molar-refractivity contribution in [2.75, 3.05) is 25.1 Å². The van der Waals surface area contributed by atoms with Crippen LogP contribution in [0.3, 0.4) is 0 Å². The van der Waals surface area contributed by atoms with Crippen LogP contribution in [0.4, 0.5) is 5.69 Å². The van der Waals surface area contributed by atoms with Crippen molar-refractivity contribution in [1.82, 2.24) is 19.3 Å². The maximum atomic E-state index is 6.35. The monoisotopic (exact) mass is 481 g/mol. The van der Waals surface area contributed by atoms with Crippen LogP contribution in [0, 0.1) is 0 Å². The van der Waals surface area contributed by atoms with Crippen LogP contribution in [0.5, 0.6) is 5.88 Å². The van der Waals surface area contributed by atoms with Gasteiger partial charge in [0.2, 0.25) is 5.88 Å². The van der Waals surface area contributed by atoms with Crippen molar-refractivity contribution in [1.29, 1.82) is 0 Å². The van der Waals surface area contributed by atoms with Crippen LogP contribution < -0.4 is 10.5 Å². The fourth-order valence-corrected chi connectivity index (χ4v) is 4.63. The molecule has 33 heavy (non-hydrogen) atoms. The van der Waals surface area contributed by atoms with Crippen molar-refractivity contribution in [2.24, 2.45) is 0 Å². The molecule has 4 aromatic rings. The Hall–Kier alpha value is -2.61. The van der Waals surface area contributed by atoms with Gasteiger partial charge in [0.05, 0.1) is 21.4 Å². The van der Waals surface area contributed by atoms with Gasteiger partial charge in [-0.3, -0.25) is 9.29 Å². The molecule has 2 aromatic heterocycles. The largest absolute Gasteiger partial charge is 0.474 e. The van der Waals surface area contributed by atoms with E-state index >= 15 is 0 Å². The molecule has 3 heterocycles. The van der Waals surface area contributed by atoms with Crippen molar-refractivity contribution >= 4 is 51.0 Å². The Morgan fingerprint density at radius 2 is 1.82 bits per heavy atom. The molecule has 0 saturated carbocycles. The van der Waals surface area contributed by atoms with E-state index < -0.39 is 0 Å². The van der Waals surface area contributed by atoms with Gasteiger partial charge in [0, 0.05) is 36.8 Å². The quantitative estimate of drug-likeness (QED) is 0.370. The van der Waals surface area contributed by atoms with Gasteiger partial charge in [-0.25, -0.2) is 4.98 Å². The number of nitrogens with two attached hydrogens (primary N) is 1. The number of aromatic nitrogens is 3. The predicted molar refractivity (Wildman–Crippen MR) is 139 cm³/mol. The summed E-state index contributed by atoms with van der Waals surface area (Å²) in [6.07, 6.45) is 6.84. The molecule has 0 aliphatic carbocycles. The van der Waals surface area contributed by atoms with Gasteiger partial charge in [0.25, 0.3) is 0 Å². The van der Waals surface area contributed by atoms with Crippen LogP contribution in [0.15, 0.2) is 54.7 Å². The van der Waals surface area contributed by atoms with E-state index in [4.69, 9.17) is 22.1 Å². The minimum absolute atomic E-state index is 0.197. The van der Waals surface area contributed by atoms with Gasteiger partial charge in [0.1, 0.15) is 11.9 Å². The summed E-state index contributed by atoms with van der Waals surface area (Å²) in [5.74, 6) is 1.43. The first kappa shape index (κ1) is 23.5. The van der Waals surface area contributed by atoms with Crippen molar-refractivity contribution < 1.29 is 4.74 Å². The van der Waals surface area contributed by atoms with E-state index in [9.17, 15) is 0 Å². The smallest absolute Gasteiger partial charge is 0.226 e. The Bertz CT molecular complexity index is 1220. The zero-order valence-electron chi connectivity index (χ0n) is 18.9. The van der Waals surface area contributed by atoms with Crippen molar-refractivity contribution in [2.45, 2.75) is 32.3 Å². The third kappa shape index (κ3) is 5.66. The molecule has 0 atom stereocenters. The fourth-order valence-electron chi connectivity index (χ4n) is 3.81. The molecule has 0 spiro atoms. The van der Waals surface area contributed by atoms with Crippen LogP contribution >= 0.6 is 23.5 Å². The molecule has 0 radical (unpaired) electrons. The summed E-state index contributed by atoms with van der Waals surface area (Å²) in [6, 6.07) is 15.4. The van der Waals surface area contributed by atoms with E-state index in [0.29, 0.717) is 10.9 Å². The van der Waals surface area contributed by atoms with Gasteiger partial charge in [-0.1, -0.05) is 54.7 Å². The second-order valence-electron chi connectivity index (χ2n) is 7.78. The molecular weight excluding hydrogens is 454 g/mol. The van der Waals surface area contributed by atoms with Gasteiger partial charge >= 0.3 is 0 Å². The minimum atomic E-state index is 0.197. The first-order valence-electron chi connectivity index (χ1n) is 11.1. The molecule has 2 N–H and O–H groups in total. The highest BCUT2D eigenvalue weighted by Gasteiger charge is 2.22. The minimum Gasteiger partial charge on any atom is -0.474 e. The zero-order valence-corrected chi connectivity index (χ0v) is 20.4. The second-order valence-corrected chi connectivity index (χ2v) is 9.07. The molecular formula is C25H28ClN5OS. The number of benzene rings is 2. The lowest BCUT2D eigenvalue weighted by Crippen LogP contribution is -2.34. The van der Waals surface area contributed by atoms with E-state index in [1.807, 2.05) is 55.5 Å². The molecule has 2 aromatic carbocycles. The number of fused-ring (bicyclic) bond motifs is 2. The highest BCUT2D eigenvalue weighted by Crippen LogP contribution is 2.32. The lowest BCUT2D eigenvalue weighted by Gasteiger charge is -2.30. The van der Waals surface area contributed by atoms with Gasteiger partial charge in [0.15, 0.2) is 0 Å². The van der Waals surface area contributed by atoms with Crippen molar-refractivity contribution in [3.8, 4) is 5.88 Å². The number of anilines is 1. The van der Waals surface area contributed by atoms with E-state index in [1.165, 1.54) is 0 Å². The molecule has 1 fully saturated rings. The molecule has 1 aliphatic heterocycles. The topological polar surface area (TPSA) is 77.2 Å². The number of hydrogen-bond donors (Lipinski definition) is 1. The van der Waals surface area contributed by atoms with Gasteiger partial charge in [-0.15, -0.1) is 0 Å². The number of rotatable bonds is 4. The predicted octanol–water partition coefficient (Wildman–Crippen LogP) is 5.78. The highest BCUT2D eigenvalue weighted by atomic mass is 35.5. The maximum absolute atomic E-state index is 6.35. The first-order chi connectivity index (χ1) is 16.1. The standard InChI is InChI=1S/C16H20ClN3OS.C9H8N2/c1-3-14-18-13-6-4-5-12(17)15(13)16(19-14)21-11-7-9-20(22-2)10-8-11;10-8-5-6-11-9-4-2-1-3-7(8)9/h4-6,11H,3,7-10H2,1-2H3;1-6H,(H2,10,11). The Morgan fingerprint density at radius 1 is 1.06 bits per heavy atom. The number of aryl methyl sites for hydroxylation is 1. The molecule has 5 rings (SSSR count). The number of pyridine rings is 1. The maximum Gasteiger partial charge on any atom is 0.226 e. The summed E-state index contributed by atoms with van der Waals surface area (Å²) in [4.78, 5) is 13.3. The molecule has 0 bridgehead atoms. The number of halogens is 1. The lowest BCUT2D eigenvalue weighted by molar-refractivity contribution is 0.135. The number of nitrogen functional groups attached to an aromatic ring is 1. The van der Waals surface area contributed by atoms with Crippen LogP contribution in [-0.2, 0) is 6.42 Å². The molecule has 0 unspecified atom stereocenters. The normalized spacial score (nSPS) is 14.8. The Labute approximate surface area is 203 Å². The summed E-state index contributed by atoms with van der Waals surface area (Å²) >= 11 is 8.15. The average Bonchev–Trinajstić information content (AvgIpc) is 2.85. The van der Waals surface area contributed by atoms with Gasteiger partial charge < -0.3 is 10.5 Å². The SMILES string of the molecule is CCc1nc(OC2CCN(SC)CC2)c2c(Cl)cccc2n1.Nc1ccnc2ccccc12. The Kier molecular flexibility index (Phi) is 7.85.